The number of thiophene rings is 1. The summed E-state index contributed by atoms with van der Waals surface area (Å²) in [5.74, 6) is 5.36. The zero-order chi connectivity index (χ0) is 13.6. The molecule has 0 radical (unpaired) electrons. The molecule has 1 heterocycles. The van der Waals surface area contributed by atoms with Crippen LogP contribution in [-0.2, 0) is 11.2 Å². The average molecular weight is 347 g/mol. The molecule has 3 nitrogen and oxygen atoms in total. The molecular formula is C10H14BrF3N2OS. The highest BCUT2D eigenvalue weighted by Gasteiger charge is 2.27. The van der Waals surface area contributed by atoms with E-state index in [1.54, 1.807) is 11.3 Å². The molecule has 0 aliphatic heterocycles. The van der Waals surface area contributed by atoms with E-state index in [9.17, 15) is 13.2 Å². The first-order chi connectivity index (χ1) is 8.40. The van der Waals surface area contributed by atoms with Gasteiger partial charge in [0.05, 0.1) is 3.79 Å². The second-order valence-electron chi connectivity index (χ2n) is 3.73. The van der Waals surface area contributed by atoms with Gasteiger partial charge in [0.25, 0.3) is 0 Å². The van der Waals surface area contributed by atoms with E-state index in [1.165, 1.54) is 0 Å². The van der Waals surface area contributed by atoms with Crippen molar-refractivity contribution in [1.29, 1.82) is 0 Å². The molecule has 0 aliphatic rings. The molecule has 1 unspecified atom stereocenters. The lowest BCUT2D eigenvalue weighted by Gasteiger charge is -2.15. The van der Waals surface area contributed by atoms with Crippen LogP contribution in [0.1, 0.15) is 11.3 Å². The predicted octanol–water partition coefficient (Wildman–Crippen LogP) is 2.85. The molecule has 1 atom stereocenters. The summed E-state index contributed by atoms with van der Waals surface area (Å²) in [5.41, 5.74) is 2.59. The van der Waals surface area contributed by atoms with Gasteiger partial charge in [-0.25, -0.2) is 0 Å². The minimum absolute atomic E-state index is 0.0287. The first-order valence-corrected chi connectivity index (χ1v) is 6.86. The summed E-state index contributed by atoms with van der Waals surface area (Å²) in [6.07, 6.45) is -3.17. The minimum atomic E-state index is -4.27. The summed E-state index contributed by atoms with van der Waals surface area (Å²) in [5, 5.41) is 0. The van der Waals surface area contributed by atoms with E-state index in [2.05, 4.69) is 26.1 Å². The number of rotatable bonds is 7. The van der Waals surface area contributed by atoms with Crippen LogP contribution in [-0.4, -0.2) is 25.4 Å². The van der Waals surface area contributed by atoms with Gasteiger partial charge in [-0.3, -0.25) is 11.3 Å². The normalized spacial score (nSPS) is 13.8. The van der Waals surface area contributed by atoms with E-state index < -0.39 is 12.8 Å². The SMILES string of the molecule is NNC(CCOCC(F)(F)F)Cc1ccc(Br)s1. The van der Waals surface area contributed by atoms with Crippen molar-refractivity contribution in [3.8, 4) is 0 Å². The van der Waals surface area contributed by atoms with Crippen LogP contribution in [0.2, 0.25) is 0 Å². The Morgan fingerprint density at radius 2 is 2.17 bits per heavy atom. The van der Waals surface area contributed by atoms with E-state index >= 15 is 0 Å². The molecule has 0 spiro atoms. The number of nitrogens with one attached hydrogen (secondary N) is 1. The van der Waals surface area contributed by atoms with E-state index in [1.807, 2.05) is 12.1 Å². The number of hydrazine groups is 1. The van der Waals surface area contributed by atoms with Gasteiger partial charge in [-0.1, -0.05) is 0 Å². The van der Waals surface area contributed by atoms with Gasteiger partial charge in [-0.2, -0.15) is 13.2 Å². The molecule has 3 N–H and O–H groups in total. The molecule has 104 valence electrons. The number of halogens is 4. The van der Waals surface area contributed by atoms with E-state index in [-0.39, 0.29) is 12.6 Å². The molecule has 0 bridgehead atoms. The second kappa shape index (κ2) is 7.44. The van der Waals surface area contributed by atoms with Crippen molar-refractivity contribution < 1.29 is 17.9 Å². The maximum Gasteiger partial charge on any atom is 0.411 e. The Balaban J connectivity index is 2.25. The lowest BCUT2D eigenvalue weighted by molar-refractivity contribution is -0.174. The Morgan fingerprint density at radius 3 is 2.67 bits per heavy atom. The largest absolute Gasteiger partial charge is 0.411 e. The van der Waals surface area contributed by atoms with Crippen LogP contribution < -0.4 is 11.3 Å². The fourth-order valence-corrected chi connectivity index (χ4v) is 2.93. The van der Waals surface area contributed by atoms with Crippen molar-refractivity contribution in [2.75, 3.05) is 13.2 Å². The smallest absolute Gasteiger partial charge is 0.372 e. The molecule has 0 fully saturated rings. The summed E-state index contributed by atoms with van der Waals surface area (Å²) in [6, 6.07) is 3.78. The van der Waals surface area contributed by atoms with Gasteiger partial charge in [-0.05, 0) is 40.9 Å². The molecule has 1 aromatic rings. The molecule has 18 heavy (non-hydrogen) atoms. The Kier molecular flexibility index (Phi) is 6.58. The summed E-state index contributed by atoms with van der Waals surface area (Å²) >= 11 is 4.92. The fourth-order valence-electron chi connectivity index (χ4n) is 1.36. The van der Waals surface area contributed by atoms with Gasteiger partial charge in [0.2, 0.25) is 0 Å². The Morgan fingerprint density at radius 1 is 1.44 bits per heavy atom. The van der Waals surface area contributed by atoms with E-state index in [4.69, 9.17) is 5.84 Å². The molecule has 8 heteroatoms. The van der Waals surface area contributed by atoms with Gasteiger partial charge in [0, 0.05) is 17.5 Å². The van der Waals surface area contributed by atoms with Crippen LogP contribution in [0.5, 0.6) is 0 Å². The van der Waals surface area contributed by atoms with Crippen LogP contribution in [0.3, 0.4) is 0 Å². The molecule has 0 aliphatic carbocycles. The first-order valence-electron chi connectivity index (χ1n) is 5.25. The highest BCUT2D eigenvalue weighted by molar-refractivity contribution is 9.11. The monoisotopic (exact) mass is 346 g/mol. The third-order valence-corrected chi connectivity index (χ3v) is 3.83. The van der Waals surface area contributed by atoms with Crippen molar-refractivity contribution in [3.05, 3.63) is 20.8 Å². The number of ether oxygens (including phenoxy) is 1. The van der Waals surface area contributed by atoms with Gasteiger partial charge < -0.3 is 4.74 Å². The summed E-state index contributed by atoms with van der Waals surface area (Å²) in [4.78, 5) is 1.11. The summed E-state index contributed by atoms with van der Waals surface area (Å²) in [6.45, 7) is -1.18. The molecule has 0 saturated heterocycles. The standard InChI is InChI=1S/C10H14BrF3N2OS/c11-9-2-1-8(18-9)5-7(16-15)3-4-17-6-10(12,13)14/h1-2,7,16H,3-6,15H2. The van der Waals surface area contributed by atoms with E-state index in [0.717, 1.165) is 8.66 Å². The maximum atomic E-state index is 11.8. The maximum absolute atomic E-state index is 11.8. The zero-order valence-electron chi connectivity index (χ0n) is 9.47. The predicted molar refractivity (Wildman–Crippen MR) is 68.3 cm³/mol. The van der Waals surface area contributed by atoms with Crippen LogP contribution in [0, 0.1) is 0 Å². The Labute approximate surface area is 116 Å². The van der Waals surface area contributed by atoms with Crippen LogP contribution in [0.15, 0.2) is 15.9 Å². The van der Waals surface area contributed by atoms with Crippen LogP contribution in [0.25, 0.3) is 0 Å². The van der Waals surface area contributed by atoms with Gasteiger partial charge in [0.15, 0.2) is 0 Å². The number of hydrogen-bond donors (Lipinski definition) is 2. The molecule has 0 saturated carbocycles. The minimum Gasteiger partial charge on any atom is -0.372 e. The molecule has 1 aromatic heterocycles. The number of alkyl halides is 3. The summed E-state index contributed by atoms with van der Waals surface area (Å²) in [7, 11) is 0. The second-order valence-corrected chi connectivity index (χ2v) is 6.28. The third-order valence-electron chi connectivity index (χ3n) is 2.19. The molecule has 0 amide bonds. The van der Waals surface area contributed by atoms with Gasteiger partial charge in [-0.15, -0.1) is 11.3 Å². The average Bonchev–Trinajstić information content (AvgIpc) is 2.67. The van der Waals surface area contributed by atoms with Crippen molar-refractivity contribution in [2.45, 2.75) is 25.1 Å². The molecule has 1 rings (SSSR count). The van der Waals surface area contributed by atoms with Crippen molar-refractivity contribution in [2.24, 2.45) is 5.84 Å². The van der Waals surface area contributed by atoms with Gasteiger partial charge in [0.1, 0.15) is 6.61 Å². The van der Waals surface area contributed by atoms with Crippen LogP contribution in [0.4, 0.5) is 13.2 Å². The fraction of sp³-hybridized carbons (Fsp3) is 0.600. The zero-order valence-corrected chi connectivity index (χ0v) is 11.9. The number of nitrogens with two attached hydrogens (primary N) is 1. The molecular weight excluding hydrogens is 333 g/mol. The van der Waals surface area contributed by atoms with Gasteiger partial charge >= 0.3 is 6.18 Å². The first kappa shape index (κ1) is 15.9. The van der Waals surface area contributed by atoms with Crippen molar-refractivity contribution >= 4 is 27.3 Å². The quantitative estimate of drug-likeness (QED) is 0.453. The van der Waals surface area contributed by atoms with Crippen molar-refractivity contribution in [1.82, 2.24) is 5.43 Å². The van der Waals surface area contributed by atoms with E-state index in [0.29, 0.717) is 12.8 Å². The van der Waals surface area contributed by atoms with Crippen molar-refractivity contribution in [3.63, 3.8) is 0 Å². The highest BCUT2D eigenvalue weighted by atomic mass is 79.9. The topological polar surface area (TPSA) is 47.3 Å². The van der Waals surface area contributed by atoms with Crippen LogP contribution >= 0.6 is 27.3 Å². The highest BCUT2D eigenvalue weighted by Crippen LogP contribution is 2.23. The summed E-state index contributed by atoms with van der Waals surface area (Å²) < 4.78 is 41.1. The third kappa shape index (κ3) is 6.69. The lowest BCUT2D eigenvalue weighted by atomic mass is 10.1. The Bertz CT molecular complexity index is 359. The lowest BCUT2D eigenvalue weighted by Crippen LogP contribution is -2.37. The Hall–Kier alpha value is -0.150. The number of hydrogen-bond acceptors (Lipinski definition) is 4. The molecule has 0 aromatic carbocycles.